The molecule has 0 heterocycles. The quantitative estimate of drug-likeness (QED) is 0.367. The summed E-state index contributed by atoms with van der Waals surface area (Å²) >= 11 is 0. The molecule has 0 saturated heterocycles. The summed E-state index contributed by atoms with van der Waals surface area (Å²) in [7, 11) is 0. The average molecular weight is 295 g/mol. The van der Waals surface area contributed by atoms with Crippen molar-refractivity contribution in [2.75, 3.05) is 5.73 Å². The van der Waals surface area contributed by atoms with Crippen molar-refractivity contribution in [1.82, 2.24) is 0 Å². The molecule has 0 bridgehead atoms. The average Bonchev–Trinajstić information content (AvgIpc) is 2.40. The SMILES string of the molecule is Nc1cc(F)c(-c2c(F)c(F)c(F)c(F)c2F)cc1F. The zero-order chi connectivity index (χ0) is 15.2. The van der Waals surface area contributed by atoms with E-state index in [2.05, 4.69) is 0 Å². The molecule has 2 aromatic carbocycles. The molecule has 0 saturated carbocycles. The van der Waals surface area contributed by atoms with Crippen molar-refractivity contribution < 1.29 is 30.7 Å². The van der Waals surface area contributed by atoms with Crippen molar-refractivity contribution in [2.45, 2.75) is 0 Å². The van der Waals surface area contributed by atoms with Gasteiger partial charge in [-0.3, -0.25) is 0 Å². The number of anilines is 1. The zero-order valence-corrected chi connectivity index (χ0v) is 9.38. The number of benzene rings is 2. The second-order valence-electron chi connectivity index (χ2n) is 3.80. The van der Waals surface area contributed by atoms with Crippen molar-refractivity contribution in [2.24, 2.45) is 0 Å². The van der Waals surface area contributed by atoms with Gasteiger partial charge in [-0.05, 0) is 6.07 Å². The zero-order valence-electron chi connectivity index (χ0n) is 9.38. The molecular formula is C12H4F7N. The molecule has 2 rings (SSSR count). The van der Waals surface area contributed by atoms with Gasteiger partial charge in [0, 0.05) is 11.6 Å². The van der Waals surface area contributed by atoms with Crippen LogP contribution in [0.2, 0.25) is 0 Å². The molecule has 0 atom stereocenters. The molecular weight excluding hydrogens is 291 g/mol. The van der Waals surface area contributed by atoms with Crippen molar-refractivity contribution in [3.05, 3.63) is 52.9 Å². The fourth-order valence-electron chi connectivity index (χ4n) is 1.60. The number of nitrogen functional groups attached to an aromatic ring is 1. The minimum atomic E-state index is -2.39. The molecule has 2 N–H and O–H groups in total. The highest BCUT2D eigenvalue weighted by Crippen LogP contribution is 2.34. The van der Waals surface area contributed by atoms with Gasteiger partial charge in [0.1, 0.15) is 11.6 Å². The molecule has 0 fully saturated rings. The number of nitrogens with two attached hydrogens (primary N) is 1. The fraction of sp³-hybridized carbons (Fsp3) is 0. The minimum absolute atomic E-state index is 0.253. The summed E-state index contributed by atoms with van der Waals surface area (Å²) in [4.78, 5) is 0. The van der Waals surface area contributed by atoms with Crippen molar-refractivity contribution in [3.63, 3.8) is 0 Å². The Morgan fingerprint density at radius 3 is 1.55 bits per heavy atom. The Labute approximate surface area is 107 Å². The first-order valence-corrected chi connectivity index (χ1v) is 5.02. The van der Waals surface area contributed by atoms with Crippen LogP contribution in [0.25, 0.3) is 11.1 Å². The van der Waals surface area contributed by atoms with Crippen LogP contribution < -0.4 is 5.73 Å². The highest BCUT2D eigenvalue weighted by atomic mass is 19.2. The highest BCUT2D eigenvalue weighted by Gasteiger charge is 2.28. The van der Waals surface area contributed by atoms with E-state index in [9.17, 15) is 30.7 Å². The summed E-state index contributed by atoms with van der Waals surface area (Å²) < 4.78 is 92.5. The predicted octanol–water partition coefficient (Wildman–Crippen LogP) is 3.91. The molecule has 0 amide bonds. The fourth-order valence-corrected chi connectivity index (χ4v) is 1.60. The van der Waals surface area contributed by atoms with E-state index < -0.39 is 57.5 Å². The maximum atomic E-state index is 13.5. The summed E-state index contributed by atoms with van der Waals surface area (Å²) in [5, 5.41) is 0. The van der Waals surface area contributed by atoms with Crippen LogP contribution >= 0.6 is 0 Å². The van der Waals surface area contributed by atoms with E-state index in [4.69, 9.17) is 5.73 Å². The molecule has 0 aromatic heterocycles. The lowest BCUT2D eigenvalue weighted by atomic mass is 10.0. The van der Waals surface area contributed by atoms with Crippen molar-refractivity contribution in [3.8, 4) is 11.1 Å². The summed E-state index contributed by atoms with van der Waals surface area (Å²) in [6.07, 6.45) is 0. The van der Waals surface area contributed by atoms with E-state index in [1.807, 2.05) is 0 Å². The highest BCUT2D eigenvalue weighted by molar-refractivity contribution is 5.68. The van der Waals surface area contributed by atoms with Gasteiger partial charge in [0.2, 0.25) is 5.82 Å². The van der Waals surface area contributed by atoms with Gasteiger partial charge in [0.25, 0.3) is 0 Å². The Hall–Kier alpha value is -2.25. The molecule has 8 heteroatoms. The number of hydrogen-bond donors (Lipinski definition) is 1. The second kappa shape index (κ2) is 4.69. The maximum absolute atomic E-state index is 13.5. The van der Waals surface area contributed by atoms with Gasteiger partial charge in [-0.15, -0.1) is 0 Å². The van der Waals surface area contributed by atoms with Crippen LogP contribution in [0.3, 0.4) is 0 Å². The number of halogens is 7. The van der Waals surface area contributed by atoms with Crippen molar-refractivity contribution >= 4 is 5.69 Å². The van der Waals surface area contributed by atoms with E-state index in [0.717, 1.165) is 0 Å². The Kier molecular flexibility index (Phi) is 3.33. The third kappa shape index (κ3) is 1.97. The molecule has 0 aliphatic rings. The normalized spacial score (nSPS) is 10.9. The van der Waals surface area contributed by atoms with E-state index in [1.165, 1.54) is 0 Å². The van der Waals surface area contributed by atoms with Crippen molar-refractivity contribution in [1.29, 1.82) is 0 Å². The van der Waals surface area contributed by atoms with Crippen LogP contribution in [0.5, 0.6) is 0 Å². The van der Waals surface area contributed by atoms with Crippen LogP contribution in [0.15, 0.2) is 12.1 Å². The lowest BCUT2D eigenvalue weighted by molar-refractivity contribution is 0.381. The lowest BCUT2D eigenvalue weighted by Crippen LogP contribution is -2.05. The second-order valence-corrected chi connectivity index (χ2v) is 3.80. The Morgan fingerprint density at radius 1 is 0.600 bits per heavy atom. The van der Waals surface area contributed by atoms with Crippen LogP contribution in [0, 0.1) is 40.7 Å². The van der Waals surface area contributed by atoms with E-state index >= 15 is 0 Å². The minimum Gasteiger partial charge on any atom is -0.396 e. The number of rotatable bonds is 1. The molecule has 106 valence electrons. The molecule has 0 radical (unpaired) electrons. The van der Waals surface area contributed by atoms with Crippen LogP contribution in [-0.2, 0) is 0 Å². The topological polar surface area (TPSA) is 26.0 Å². The van der Waals surface area contributed by atoms with Gasteiger partial charge in [0.15, 0.2) is 23.3 Å². The van der Waals surface area contributed by atoms with E-state index in [1.54, 1.807) is 0 Å². The van der Waals surface area contributed by atoms with Gasteiger partial charge >= 0.3 is 0 Å². The van der Waals surface area contributed by atoms with Gasteiger partial charge in [-0.25, -0.2) is 30.7 Å². The Balaban J connectivity index is 2.87. The Bertz CT molecular complexity index is 683. The third-order valence-electron chi connectivity index (χ3n) is 2.57. The van der Waals surface area contributed by atoms with E-state index in [-0.39, 0.29) is 6.07 Å². The molecule has 2 aromatic rings. The largest absolute Gasteiger partial charge is 0.396 e. The molecule has 20 heavy (non-hydrogen) atoms. The molecule has 0 aliphatic heterocycles. The first-order valence-electron chi connectivity index (χ1n) is 5.02. The van der Waals surface area contributed by atoms with Gasteiger partial charge in [-0.1, -0.05) is 0 Å². The molecule has 0 aliphatic carbocycles. The lowest BCUT2D eigenvalue weighted by Gasteiger charge is -2.10. The maximum Gasteiger partial charge on any atom is 0.200 e. The summed E-state index contributed by atoms with van der Waals surface area (Å²) in [6, 6.07) is 0.631. The first-order chi connectivity index (χ1) is 9.25. The van der Waals surface area contributed by atoms with Gasteiger partial charge in [0.05, 0.1) is 11.3 Å². The van der Waals surface area contributed by atoms with Gasteiger partial charge in [-0.2, -0.15) is 0 Å². The van der Waals surface area contributed by atoms with Crippen LogP contribution in [0.1, 0.15) is 0 Å². The van der Waals surface area contributed by atoms with Crippen LogP contribution in [0.4, 0.5) is 36.4 Å². The molecule has 0 unspecified atom stereocenters. The molecule has 1 nitrogen and oxygen atoms in total. The smallest absolute Gasteiger partial charge is 0.200 e. The van der Waals surface area contributed by atoms with Gasteiger partial charge < -0.3 is 5.73 Å². The van der Waals surface area contributed by atoms with Crippen LogP contribution in [-0.4, -0.2) is 0 Å². The predicted molar refractivity (Wildman–Crippen MR) is 56.0 cm³/mol. The molecule has 0 spiro atoms. The number of hydrogen-bond acceptors (Lipinski definition) is 1. The summed E-state index contributed by atoms with van der Waals surface area (Å²) in [6.45, 7) is 0. The Morgan fingerprint density at radius 2 is 1.05 bits per heavy atom. The first kappa shape index (κ1) is 14.2. The third-order valence-corrected chi connectivity index (χ3v) is 2.57. The standard InChI is InChI=1S/C12H4F7N/c13-4-2-6(20)5(14)1-3(4)7-8(15)10(17)12(19)11(18)9(7)16/h1-2H,20H2. The summed E-state index contributed by atoms with van der Waals surface area (Å²) in [5.74, 6) is -14.1. The monoisotopic (exact) mass is 295 g/mol. The van der Waals surface area contributed by atoms with E-state index in [0.29, 0.717) is 6.07 Å². The summed E-state index contributed by atoms with van der Waals surface area (Å²) in [5.41, 5.74) is 1.67.